The number of amides is 2. The molecule has 2 amide bonds. The summed E-state index contributed by atoms with van der Waals surface area (Å²) in [5, 5.41) is 14.3. The fraction of sp³-hybridized carbons (Fsp3) is 0.222. The molecule has 0 saturated heterocycles. The highest BCUT2D eigenvalue weighted by Crippen LogP contribution is 2.09. The van der Waals surface area contributed by atoms with E-state index in [9.17, 15) is 9.18 Å². The van der Waals surface area contributed by atoms with Gasteiger partial charge in [-0.2, -0.15) is 0 Å². The van der Waals surface area contributed by atoms with E-state index >= 15 is 0 Å². The van der Waals surface area contributed by atoms with Crippen LogP contribution in [-0.4, -0.2) is 44.3 Å². The highest BCUT2D eigenvalue weighted by molar-refractivity contribution is 9.11. The van der Waals surface area contributed by atoms with E-state index in [2.05, 4.69) is 110 Å². The fourth-order valence-corrected chi connectivity index (χ4v) is 4.40. The lowest BCUT2D eigenvalue weighted by molar-refractivity contribution is 0.239. The van der Waals surface area contributed by atoms with Gasteiger partial charge in [-0.3, -0.25) is 0 Å². The van der Waals surface area contributed by atoms with E-state index in [1.165, 1.54) is 0 Å². The van der Waals surface area contributed by atoms with Crippen molar-refractivity contribution in [2.24, 2.45) is 5.73 Å². The van der Waals surface area contributed by atoms with Gasteiger partial charge in [-0.25, -0.2) is 29.1 Å². The van der Waals surface area contributed by atoms with Crippen LogP contribution in [0.4, 0.5) is 9.18 Å². The lowest BCUT2D eigenvalue weighted by atomic mass is 10.3. The smallest absolute Gasteiger partial charge is 0.315 e. The molecule has 0 atom stereocenters. The maximum atomic E-state index is 11.7. The maximum Gasteiger partial charge on any atom is 0.315 e. The third-order valence-electron chi connectivity index (χ3n) is 4.41. The number of carbonyl (C=O) groups is 1. The monoisotopic (exact) mass is 897 g/mol. The van der Waals surface area contributed by atoms with E-state index in [4.69, 9.17) is 10.8 Å². The molecule has 5 N–H and O–H groups in total. The van der Waals surface area contributed by atoms with Crippen molar-refractivity contribution in [3.63, 3.8) is 0 Å². The summed E-state index contributed by atoms with van der Waals surface area (Å²) in [7, 11) is 0. The molecule has 0 aliphatic heterocycles. The first-order chi connectivity index (χ1) is 20.2. The molecule has 9 nitrogen and oxygen atoms in total. The number of pyridine rings is 4. The molecule has 4 rings (SSSR count). The van der Waals surface area contributed by atoms with Gasteiger partial charge in [0.2, 0.25) is 0 Å². The molecule has 226 valence electrons. The SMILES string of the molecule is BrCc1cccc(Br)n1.NCc1cccc(Br)n1.O=C(NCCF)NCc1cccc(Br)n1.OCc1cccc(Br)n1. The standard InChI is InChI=1S/C9H11BrFN3O.C6H5Br2N.C6H7BrN2.C6H6BrNO/c10-8-3-1-2-7(14-8)6-13-9(15)12-5-4-11;7-4-5-2-1-3-6(8)9-5;7-6-3-1-2-5(4-8)9-6;7-6-3-1-2-5(4-9)8-6/h1-3H,4-6H2,(H2,12,13,15);1-3H,4H2;1-3H,4,8H2;1-3,9H,4H2. The van der Waals surface area contributed by atoms with Crippen LogP contribution in [-0.2, 0) is 25.0 Å². The zero-order valence-corrected chi connectivity index (χ0v) is 30.1. The molecule has 0 aromatic carbocycles. The summed E-state index contributed by atoms with van der Waals surface area (Å²) in [5.74, 6) is 0. The summed E-state index contributed by atoms with van der Waals surface area (Å²) in [6.45, 7) is 0.275. The molecule has 0 spiro atoms. The van der Waals surface area contributed by atoms with Crippen LogP contribution < -0.4 is 16.4 Å². The van der Waals surface area contributed by atoms with Crippen LogP contribution in [0.15, 0.2) is 91.2 Å². The van der Waals surface area contributed by atoms with Crippen molar-refractivity contribution < 1.29 is 14.3 Å². The van der Waals surface area contributed by atoms with Gasteiger partial charge in [-0.05, 0) is 112 Å². The van der Waals surface area contributed by atoms with Crippen LogP contribution in [0.5, 0.6) is 0 Å². The third kappa shape index (κ3) is 18.6. The number of rotatable bonds is 7. The summed E-state index contributed by atoms with van der Waals surface area (Å²) < 4.78 is 14.9. The Bertz CT molecular complexity index is 1230. The molecular formula is C27H29Br5FN7O2. The number of halogens is 6. The third-order valence-corrected chi connectivity index (χ3v) is 6.75. The molecule has 0 fully saturated rings. The van der Waals surface area contributed by atoms with E-state index in [-0.39, 0.29) is 13.2 Å². The van der Waals surface area contributed by atoms with Crippen molar-refractivity contribution in [3.8, 4) is 0 Å². The second-order valence-electron chi connectivity index (χ2n) is 7.60. The molecule has 42 heavy (non-hydrogen) atoms. The minimum atomic E-state index is -0.567. The Hall–Kier alpha value is -1.88. The molecule has 0 radical (unpaired) electrons. The molecular weight excluding hydrogens is 873 g/mol. The first-order valence-electron chi connectivity index (χ1n) is 12.1. The Balaban J connectivity index is 0.000000288. The largest absolute Gasteiger partial charge is 0.390 e. The van der Waals surface area contributed by atoms with Crippen LogP contribution in [0.2, 0.25) is 0 Å². The Labute approximate surface area is 286 Å². The predicted molar refractivity (Wildman–Crippen MR) is 180 cm³/mol. The number of hydrogen-bond acceptors (Lipinski definition) is 7. The highest BCUT2D eigenvalue weighted by atomic mass is 79.9. The molecule has 0 bridgehead atoms. The van der Waals surface area contributed by atoms with Gasteiger partial charge in [-0.1, -0.05) is 40.2 Å². The maximum absolute atomic E-state index is 11.7. The first kappa shape index (κ1) is 38.1. The Morgan fingerprint density at radius 1 is 0.714 bits per heavy atom. The van der Waals surface area contributed by atoms with Gasteiger partial charge in [0.1, 0.15) is 25.1 Å². The highest BCUT2D eigenvalue weighted by Gasteiger charge is 2.00. The number of aliphatic hydroxyl groups excluding tert-OH is 1. The van der Waals surface area contributed by atoms with Gasteiger partial charge in [0.15, 0.2) is 0 Å². The van der Waals surface area contributed by atoms with Gasteiger partial charge in [0, 0.05) is 18.4 Å². The summed E-state index contributed by atoms with van der Waals surface area (Å²) in [4.78, 5) is 27.4. The van der Waals surface area contributed by atoms with E-state index in [1.807, 2.05) is 54.6 Å². The van der Waals surface area contributed by atoms with Crippen molar-refractivity contribution in [2.75, 3.05) is 13.2 Å². The number of aliphatic hydroxyl groups is 1. The van der Waals surface area contributed by atoms with Gasteiger partial charge >= 0.3 is 6.03 Å². The normalized spacial score (nSPS) is 9.62. The van der Waals surface area contributed by atoms with Crippen LogP contribution in [0.25, 0.3) is 0 Å². The number of urea groups is 1. The number of alkyl halides is 2. The molecule has 4 aromatic heterocycles. The van der Waals surface area contributed by atoms with Crippen molar-refractivity contribution in [1.82, 2.24) is 30.6 Å². The summed E-state index contributed by atoms with van der Waals surface area (Å²) >= 11 is 16.2. The Morgan fingerprint density at radius 3 is 1.52 bits per heavy atom. The molecule has 0 aliphatic rings. The summed E-state index contributed by atoms with van der Waals surface area (Å²) in [5.41, 5.74) is 8.71. The predicted octanol–water partition coefficient (Wildman–Crippen LogP) is 6.99. The van der Waals surface area contributed by atoms with Gasteiger partial charge < -0.3 is 21.5 Å². The van der Waals surface area contributed by atoms with Crippen molar-refractivity contribution >= 4 is 85.7 Å². The van der Waals surface area contributed by atoms with Crippen molar-refractivity contribution in [2.45, 2.75) is 25.0 Å². The molecule has 0 unspecified atom stereocenters. The Morgan fingerprint density at radius 2 is 1.14 bits per heavy atom. The average Bonchev–Trinajstić information content (AvgIpc) is 3.00. The lowest BCUT2D eigenvalue weighted by Crippen LogP contribution is -2.36. The number of nitrogens with zero attached hydrogens (tertiary/aromatic N) is 4. The van der Waals surface area contributed by atoms with E-state index in [0.717, 1.165) is 36.2 Å². The molecule has 15 heteroatoms. The molecule has 4 heterocycles. The quantitative estimate of drug-likeness (QED) is 0.116. The minimum absolute atomic E-state index is 0.000556. The van der Waals surface area contributed by atoms with Crippen LogP contribution in [0.3, 0.4) is 0 Å². The molecule has 0 saturated carbocycles. The Kier molecular flexibility index (Phi) is 21.4. The van der Waals surface area contributed by atoms with Crippen LogP contribution in [0.1, 0.15) is 22.8 Å². The zero-order valence-electron chi connectivity index (χ0n) is 22.2. The van der Waals surface area contributed by atoms with E-state index < -0.39 is 12.7 Å². The number of nitrogens with two attached hydrogens (primary N) is 1. The topological polar surface area (TPSA) is 139 Å². The van der Waals surface area contributed by atoms with Gasteiger partial charge in [-0.15, -0.1) is 0 Å². The van der Waals surface area contributed by atoms with E-state index in [0.29, 0.717) is 23.4 Å². The minimum Gasteiger partial charge on any atom is -0.390 e. The van der Waals surface area contributed by atoms with E-state index in [1.54, 1.807) is 18.2 Å². The van der Waals surface area contributed by atoms with Crippen LogP contribution >= 0.6 is 79.6 Å². The number of carbonyl (C=O) groups excluding carboxylic acids is 1. The second-order valence-corrected chi connectivity index (χ2v) is 11.4. The second kappa shape index (κ2) is 23.6. The first-order valence-corrected chi connectivity index (χ1v) is 16.4. The fourth-order valence-electron chi connectivity index (χ4n) is 2.57. The zero-order chi connectivity index (χ0) is 31.2. The van der Waals surface area contributed by atoms with Crippen molar-refractivity contribution in [1.29, 1.82) is 0 Å². The van der Waals surface area contributed by atoms with Gasteiger partial charge in [0.25, 0.3) is 0 Å². The molecule has 4 aromatic rings. The summed E-state index contributed by atoms with van der Waals surface area (Å²) in [6, 6.07) is 22.0. The average molecular weight is 902 g/mol. The van der Waals surface area contributed by atoms with Crippen molar-refractivity contribution in [3.05, 3.63) is 114 Å². The lowest BCUT2D eigenvalue weighted by Gasteiger charge is -2.05. The summed E-state index contributed by atoms with van der Waals surface area (Å²) in [6.07, 6.45) is 0. The number of hydrogen-bond donors (Lipinski definition) is 4. The number of aromatic nitrogens is 4. The van der Waals surface area contributed by atoms with Gasteiger partial charge in [0.05, 0.1) is 35.9 Å². The van der Waals surface area contributed by atoms with Crippen LogP contribution in [0, 0.1) is 0 Å². The molecule has 0 aliphatic carbocycles. The number of nitrogens with one attached hydrogen (secondary N) is 2.